The van der Waals surface area contributed by atoms with E-state index in [-0.39, 0.29) is 105 Å². The van der Waals surface area contributed by atoms with E-state index >= 15 is 0 Å². The molecular weight excluding hydrogens is 1180 g/mol. The summed E-state index contributed by atoms with van der Waals surface area (Å²) >= 11 is 0. The standard InChI is InChI=1S/C20H23N7O4.C20H25N7O4.C18H21N7O4/c1-12-2-6-14(7-3-12)16(28)10-27-23-17(22-24-27)11-25-9-15(18(21)29)19(30)26(20(25)31)8-13-4-5-13;1-12(2)8-26-19(30)15(18(21)29)9-25(20(26)31)11-17-22-24-27(23-17)10-16(28)14-6-4-13(3)5-7-14;1-3-24-17(28)13(16(19)27)8-23(18(24)29)10-15-20-22-25(21-15)9-14(26)12-6-4-11(2)5-7-12/h2-3,6-7,9,13,16,28H,4-5,8,10-11H2,1H3,(H2,21,29);4-7,9,12,16,28H,8,10-11H2,1-3H3,(H2,21,29);4-8,14,26H,3,9-10H2,1-2H3,(H2,19,27)/t2*16-;14-/m000/s1. The molecule has 478 valence electrons. The lowest BCUT2D eigenvalue weighted by Crippen LogP contribution is -2.44. The molecular formula is C58H69N21O12. The Hall–Kier alpha value is -10.8. The SMILES string of the molecule is CCn1c(=O)c(C(N)=O)cn(Cc2nnn(C[C@H](O)c3ccc(C)cc3)n2)c1=O.Cc1ccc([C@@H](O)Cn2nnc(Cn3cc(C(N)=O)c(=O)n(CC(C)C)c3=O)n2)cc1.Cc1ccc([C@@H](O)Cn2nnc(Cn3cc(C(N)=O)c(=O)n(CC4CC4)c3=O)n2)cc1. The van der Waals surface area contributed by atoms with Crippen LogP contribution in [0.25, 0.3) is 0 Å². The van der Waals surface area contributed by atoms with Crippen LogP contribution in [0.3, 0.4) is 0 Å². The Balaban J connectivity index is 0.000000176. The maximum atomic E-state index is 12.8. The van der Waals surface area contributed by atoms with Gasteiger partial charge in [-0.25, -0.2) is 14.4 Å². The Kier molecular flexibility index (Phi) is 21.1. The summed E-state index contributed by atoms with van der Waals surface area (Å²) in [6.07, 6.45) is 2.73. The van der Waals surface area contributed by atoms with Crippen LogP contribution in [-0.4, -0.2) is 121 Å². The number of nitrogens with zero attached hydrogens (tertiary/aromatic N) is 18. The Morgan fingerprint density at radius 1 is 0.473 bits per heavy atom. The maximum Gasteiger partial charge on any atom is 0.331 e. The first-order valence-corrected chi connectivity index (χ1v) is 28.7. The van der Waals surface area contributed by atoms with Crippen LogP contribution in [-0.2, 0) is 58.9 Å². The van der Waals surface area contributed by atoms with Crippen LogP contribution >= 0.6 is 0 Å². The number of amides is 3. The zero-order valence-electron chi connectivity index (χ0n) is 50.6. The molecule has 9 N–H and O–H groups in total. The van der Waals surface area contributed by atoms with Crippen molar-refractivity contribution in [3.8, 4) is 0 Å². The fourth-order valence-corrected chi connectivity index (χ4v) is 9.19. The fourth-order valence-electron chi connectivity index (χ4n) is 9.19. The molecule has 1 saturated carbocycles. The number of carbonyl (C=O) groups excluding carboxylic acids is 3. The van der Waals surface area contributed by atoms with Crippen LogP contribution in [0.1, 0.15) is 134 Å². The molecule has 3 amide bonds. The highest BCUT2D eigenvalue weighted by Crippen LogP contribution is 2.29. The molecule has 33 heteroatoms. The molecule has 0 spiro atoms. The summed E-state index contributed by atoms with van der Waals surface area (Å²) in [5.41, 5.74) is 16.5. The molecule has 3 aromatic carbocycles. The normalized spacial score (nSPS) is 13.0. The molecule has 91 heavy (non-hydrogen) atoms. The first kappa shape index (κ1) is 66.2. The van der Waals surface area contributed by atoms with E-state index in [4.69, 9.17) is 17.2 Å². The second-order valence-electron chi connectivity index (χ2n) is 22.2. The van der Waals surface area contributed by atoms with Gasteiger partial charge < -0.3 is 32.5 Å². The molecule has 3 atom stereocenters. The minimum Gasteiger partial charge on any atom is -0.386 e. The van der Waals surface area contributed by atoms with Gasteiger partial charge in [-0.3, -0.25) is 56.2 Å². The number of aliphatic hydroxyl groups is 3. The van der Waals surface area contributed by atoms with Crippen molar-refractivity contribution in [3.63, 3.8) is 0 Å². The van der Waals surface area contributed by atoms with E-state index in [0.29, 0.717) is 11.1 Å². The summed E-state index contributed by atoms with van der Waals surface area (Å²) in [6.45, 7) is 11.6. The summed E-state index contributed by atoms with van der Waals surface area (Å²) in [4.78, 5) is 114. The van der Waals surface area contributed by atoms with Crippen molar-refractivity contribution in [2.45, 2.75) is 132 Å². The van der Waals surface area contributed by atoms with Gasteiger partial charge >= 0.3 is 17.1 Å². The quantitative estimate of drug-likeness (QED) is 0.0431. The van der Waals surface area contributed by atoms with Crippen molar-refractivity contribution in [2.24, 2.45) is 29.0 Å². The number of benzene rings is 3. The number of aliphatic hydroxyl groups excluding tert-OH is 3. The van der Waals surface area contributed by atoms with Crippen LogP contribution in [0.15, 0.2) is 120 Å². The molecule has 0 saturated heterocycles. The summed E-state index contributed by atoms with van der Waals surface area (Å²) < 4.78 is 6.40. The van der Waals surface area contributed by atoms with E-state index in [0.717, 1.165) is 76.5 Å². The lowest BCUT2D eigenvalue weighted by molar-refractivity contribution is 0.0988. The Morgan fingerprint density at radius 2 is 0.769 bits per heavy atom. The van der Waals surface area contributed by atoms with E-state index in [2.05, 4.69) is 46.2 Å². The van der Waals surface area contributed by atoms with Crippen LogP contribution in [0, 0.1) is 32.6 Å². The van der Waals surface area contributed by atoms with Gasteiger partial charge in [0.25, 0.3) is 34.4 Å². The third-order valence-electron chi connectivity index (χ3n) is 14.3. The van der Waals surface area contributed by atoms with Gasteiger partial charge in [0.05, 0.1) is 39.3 Å². The Morgan fingerprint density at radius 3 is 1.07 bits per heavy atom. The molecule has 1 aliphatic rings. The number of rotatable bonds is 23. The molecule has 0 bridgehead atoms. The average Bonchev–Trinajstić information content (AvgIpc) is 1.72. The van der Waals surface area contributed by atoms with Crippen molar-refractivity contribution in [1.82, 2.24) is 88.0 Å². The molecule has 1 aliphatic carbocycles. The van der Waals surface area contributed by atoms with Crippen LogP contribution in [0.5, 0.6) is 0 Å². The van der Waals surface area contributed by atoms with Crippen molar-refractivity contribution in [2.75, 3.05) is 0 Å². The Bertz CT molecular complexity index is 4270. The van der Waals surface area contributed by atoms with E-state index < -0.39 is 69.8 Å². The molecule has 6 heterocycles. The van der Waals surface area contributed by atoms with Crippen molar-refractivity contribution >= 4 is 17.7 Å². The zero-order valence-corrected chi connectivity index (χ0v) is 50.6. The van der Waals surface area contributed by atoms with Crippen molar-refractivity contribution in [3.05, 3.63) is 221 Å². The number of aryl methyl sites for hydroxylation is 3. The second-order valence-corrected chi connectivity index (χ2v) is 22.2. The van der Waals surface area contributed by atoms with Crippen LogP contribution in [0.2, 0.25) is 0 Å². The van der Waals surface area contributed by atoms with Gasteiger partial charge in [0.1, 0.15) is 35.0 Å². The monoisotopic (exact) mass is 1250 g/mol. The van der Waals surface area contributed by atoms with E-state index in [1.807, 2.05) is 107 Å². The molecule has 9 aromatic rings. The minimum absolute atomic E-state index is 0.00392. The van der Waals surface area contributed by atoms with Gasteiger partial charge in [0.15, 0.2) is 17.5 Å². The van der Waals surface area contributed by atoms with Crippen molar-refractivity contribution < 1.29 is 29.7 Å². The zero-order chi connectivity index (χ0) is 66.0. The third-order valence-corrected chi connectivity index (χ3v) is 14.3. The topological polar surface area (TPSA) is 453 Å². The maximum absolute atomic E-state index is 12.8. The molecule has 0 aliphatic heterocycles. The highest BCUT2D eigenvalue weighted by atomic mass is 16.3. The van der Waals surface area contributed by atoms with Gasteiger partial charge in [0, 0.05) is 38.2 Å². The van der Waals surface area contributed by atoms with Crippen LogP contribution < -0.4 is 50.9 Å². The number of nitrogens with two attached hydrogens (primary N) is 3. The van der Waals surface area contributed by atoms with Gasteiger partial charge in [-0.05, 0) is 84.7 Å². The van der Waals surface area contributed by atoms with E-state index in [1.165, 1.54) is 19.0 Å². The molecule has 0 radical (unpaired) electrons. The molecule has 1 fully saturated rings. The molecule has 33 nitrogen and oxygen atoms in total. The molecule has 0 unspecified atom stereocenters. The minimum atomic E-state index is -0.927. The summed E-state index contributed by atoms with van der Waals surface area (Å²) in [5, 5.41) is 67.1. The second kappa shape index (κ2) is 29.0. The largest absolute Gasteiger partial charge is 0.386 e. The van der Waals surface area contributed by atoms with Crippen LogP contribution in [0.4, 0.5) is 0 Å². The van der Waals surface area contributed by atoms with E-state index in [9.17, 15) is 58.5 Å². The average molecular weight is 1250 g/mol. The number of tetrazole rings is 3. The predicted molar refractivity (Wildman–Crippen MR) is 323 cm³/mol. The summed E-state index contributed by atoms with van der Waals surface area (Å²) in [6, 6.07) is 22.3. The number of hydrogen-bond donors (Lipinski definition) is 6. The van der Waals surface area contributed by atoms with Gasteiger partial charge in [-0.1, -0.05) is 103 Å². The van der Waals surface area contributed by atoms with Gasteiger partial charge in [-0.2, -0.15) is 14.4 Å². The summed E-state index contributed by atoms with van der Waals surface area (Å²) in [7, 11) is 0. The first-order valence-electron chi connectivity index (χ1n) is 28.7. The van der Waals surface area contributed by atoms with Gasteiger partial charge in [-0.15, -0.1) is 30.6 Å². The highest BCUT2D eigenvalue weighted by Gasteiger charge is 2.26. The molecule has 10 rings (SSSR count). The Labute approximate surface area is 515 Å². The lowest BCUT2D eigenvalue weighted by atomic mass is 10.1. The highest BCUT2D eigenvalue weighted by molar-refractivity contribution is 5.93. The molecule has 6 aromatic heterocycles. The van der Waals surface area contributed by atoms with E-state index in [1.54, 1.807) is 6.92 Å². The number of primary amides is 3. The van der Waals surface area contributed by atoms with Gasteiger partial charge in [0.2, 0.25) is 0 Å². The number of aromatic nitrogens is 18. The number of carbonyl (C=O) groups is 3. The third kappa shape index (κ3) is 16.9. The smallest absolute Gasteiger partial charge is 0.331 e. The predicted octanol–water partition coefficient (Wildman–Crippen LogP) is -1.36. The van der Waals surface area contributed by atoms with Crippen molar-refractivity contribution in [1.29, 1.82) is 0 Å². The first-order chi connectivity index (χ1) is 43.3. The lowest BCUT2D eigenvalue weighted by Gasteiger charge is -2.12. The number of hydrogen-bond acceptors (Lipinski definition) is 21. The fraction of sp³-hybridized carbons (Fsp3) is 0.379. The summed E-state index contributed by atoms with van der Waals surface area (Å²) in [5.74, 6) is -1.93.